The molecule has 0 saturated carbocycles. The van der Waals surface area contributed by atoms with Gasteiger partial charge in [-0.3, -0.25) is 4.79 Å². The molecule has 1 heterocycles. The van der Waals surface area contributed by atoms with Crippen LogP contribution in [-0.2, 0) is 17.8 Å². The predicted molar refractivity (Wildman–Crippen MR) is 176 cm³/mol. The van der Waals surface area contributed by atoms with Gasteiger partial charge in [-0.2, -0.15) is 0 Å². The summed E-state index contributed by atoms with van der Waals surface area (Å²) in [5, 5.41) is 3.15. The molecule has 0 bridgehead atoms. The molecule has 0 atom stereocenters. The lowest BCUT2D eigenvalue weighted by atomic mass is 10.0. The first-order valence-electron chi connectivity index (χ1n) is 16.6. The first-order valence-corrected chi connectivity index (χ1v) is 16.6. The number of nitrogens with zero attached hydrogens (tertiary/aromatic N) is 1. The summed E-state index contributed by atoms with van der Waals surface area (Å²) in [5.74, 6) is 0.793. The van der Waals surface area contributed by atoms with Crippen molar-refractivity contribution in [2.75, 3.05) is 11.9 Å². The SMILES string of the molecule is CCCCCCCCCCCCCCCCOc1ccccc1CC(=O)Nc1ccccc1C[n+]1ccc(C)c(C)c1. The summed E-state index contributed by atoms with van der Waals surface area (Å²) in [6, 6.07) is 18.1. The van der Waals surface area contributed by atoms with Crippen molar-refractivity contribution in [2.24, 2.45) is 0 Å². The van der Waals surface area contributed by atoms with Crippen molar-refractivity contribution in [3.05, 3.63) is 89.2 Å². The van der Waals surface area contributed by atoms with Gasteiger partial charge in [-0.1, -0.05) is 127 Å². The summed E-state index contributed by atoms with van der Waals surface area (Å²) in [6.45, 7) is 7.93. The van der Waals surface area contributed by atoms with E-state index in [1.54, 1.807) is 0 Å². The Bertz CT molecular complexity index is 1190. The highest BCUT2D eigenvalue weighted by atomic mass is 16.5. The molecular weight excluding hydrogens is 516 g/mol. The Labute approximate surface area is 255 Å². The van der Waals surface area contributed by atoms with E-state index in [0.717, 1.165) is 29.0 Å². The summed E-state index contributed by atoms with van der Waals surface area (Å²) < 4.78 is 8.30. The first kappa shape index (κ1) is 33.4. The number of pyridine rings is 1. The molecule has 1 N–H and O–H groups in total. The molecule has 0 fully saturated rings. The molecule has 3 rings (SSSR count). The maximum atomic E-state index is 13.1. The second kappa shape index (κ2) is 19.9. The quantitative estimate of drug-likeness (QED) is 0.102. The number of anilines is 1. The van der Waals surface area contributed by atoms with Crippen LogP contribution in [-0.4, -0.2) is 12.5 Å². The number of benzene rings is 2. The molecule has 2 aromatic carbocycles. The van der Waals surface area contributed by atoms with Crippen LogP contribution in [0.5, 0.6) is 5.75 Å². The van der Waals surface area contributed by atoms with Crippen LogP contribution in [0.3, 0.4) is 0 Å². The van der Waals surface area contributed by atoms with Crippen molar-refractivity contribution in [3.8, 4) is 5.75 Å². The number of aryl methyl sites for hydroxylation is 2. The number of rotatable bonds is 21. The molecular formula is C38H55N2O2+. The van der Waals surface area contributed by atoms with Crippen LogP contribution in [0.4, 0.5) is 5.69 Å². The van der Waals surface area contributed by atoms with Crippen LogP contribution in [0.15, 0.2) is 67.0 Å². The minimum atomic E-state index is -0.0277. The molecule has 3 aromatic rings. The van der Waals surface area contributed by atoms with Gasteiger partial charge in [0.05, 0.1) is 18.7 Å². The molecule has 0 aliphatic heterocycles. The zero-order valence-corrected chi connectivity index (χ0v) is 26.6. The molecule has 0 aliphatic carbocycles. The monoisotopic (exact) mass is 571 g/mol. The van der Waals surface area contributed by atoms with E-state index in [2.05, 4.69) is 55.2 Å². The van der Waals surface area contributed by atoms with E-state index in [-0.39, 0.29) is 5.91 Å². The van der Waals surface area contributed by atoms with E-state index < -0.39 is 0 Å². The molecule has 0 aliphatic rings. The van der Waals surface area contributed by atoms with Crippen molar-refractivity contribution in [1.82, 2.24) is 0 Å². The lowest BCUT2D eigenvalue weighted by Gasteiger charge is -2.13. The van der Waals surface area contributed by atoms with Crippen LogP contribution in [0.1, 0.15) is 119 Å². The Morgan fingerprint density at radius 2 is 1.26 bits per heavy atom. The molecule has 228 valence electrons. The second-order valence-corrected chi connectivity index (χ2v) is 11.9. The topological polar surface area (TPSA) is 42.2 Å². The standard InChI is InChI=1S/C38H54N2O2/c1-4-5-6-7-8-9-10-11-12-13-14-15-16-21-28-42-37-25-20-18-22-34(37)29-38(41)39-36-24-19-17-23-35(36)31-40-27-26-32(2)33(3)30-40/h17-20,22-27,30H,4-16,21,28-29,31H2,1-3H3/p+1. The van der Waals surface area contributed by atoms with E-state index >= 15 is 0 Å². The Kier molecular flexibility index (Phi) is 15.8. The van der Waals surface area contributed by atoms with Gasteiger partial charge >= 0.3 is 0 Å². The van der Waals surface area contributed by atoms with E-state index in [1.807, 2.05) is 42.5 Å². The fourth-order valence-corrected chi connectivity index (χ4v) is 5.44. The van der Waals surface area contributed by atoms with Gasteiger partial charge in [0, 0.05) is 22.8 Å². The van der Waals surface area contributed by atoms with Gasteiger partial charge in [0.1, 0.15) is 5.75 Å². The van der Waals surface area contributed by atoms with Gasteiger partial charge in [0.25, 0.3) is 0 Å². The largest absolute Gasteiger partial charge is 0.493 e. The Morgan fingerprint density at radius 3 is 1.90 bits per heavy atom. The highest BCUT2D eigenvalue weighted by Gasteiger charge is 2.13. The van der Waals surface area contributed by atoms with Crippen molar-refractivity contribution < 1.29 is 14.1 Å². The number of amides is 1. The number of para-hydroxylation sites is 2. The van der Waals surface area contributed by atoms with E-state index in [0.29, 0.717) is 19.6 Å². The van der Waals surface area contributed by atoms with Crippen LogP contribution >= 0.6 is 0 Å². The van der Waals surface area contributed by atoms with Crippen LogP contribution in [0.25, 0.3) is 0 Å². The van der Waals surface area contributed by atoms with Crippen LogP contribution in [0, 0.1) is 13.8 Å². The highest BCUT2D eigenvalue weighted by molar-refractivity contribution is 5.93. The third kappa shape index (κ3) is 12.8. The van der Waals surface area contributed by atoms with Gasteiger partial charge < -0.3 is 10.1 Å². The number of aromatic nitrogens is 1. The van der Waals surface area contributed by atoms with Gasteiger partial charge in [-0.25, -0.2) is 4.57 Å². The first-order chi connectivity index (χ1) is 20.6. The average molecular weight is 572 g/mol. The third-order valence-corrected chi connectivity index (χ3v) is 8.22. The minimum absolute atomic E-state index is 0.0277. The summed E-state index contributed by atoms with van der Waals surface area (Å²) in [4.78, 5) is 13.1. The molecule has 0 saturated heterocycles. The number of unbranched alkanes of at least 4 members (excludes halogenated alkanes) is 13. The zero-order chi connectivity index (χ0) is 29.8. The summed E-state index contributed by atoms with van der Waals surface area (Å²) in [5.41, 5.74) is 5.40. The molecule has 4 heteroatoms. The molecule has 4 nitrogen and oxygen atoms in total. The molecule has 0 spiro atoms. The van der Waals surface area contributed by atoms with Crippen molar-refractivity contribution in [3.63, 3.8) is 0 Å². The summed E-state index contributed by atoms with van der Waals surface area (Å²) in [6.07, 6.45) is 23.4. The van der Waals surface area contributed by atoms with Crippen LogP contribution in [0.2, 0.25) is 0 Å². The Morgan fingerprint density at radius 1 is 0.690 bits per heavy atom. The molecule has 0 radical (unpaired) electrons. The normalized spacial score (nSPS) is 11.0. The molecule has 1 amide bonds. The number of hydrogen-bond acceptors (Lipinski definition) is 2. The lowest BCUT2D eigenvalue weighted by molar-refractivity contribution is -0.688. The Hall–Kier alpha value is -3.14. The lowest BCUT2D eigenvalue weighted by Crippen LogP contribution is -2.34. The number of carbonyl (C=O) groups is 1. The fourth-order valence-electron chi connectivity index (χ4n) is 5.44. The summed E-state index contributed by atoms with van der Waals surface area (Å²) >= 11 is 0. The predicted octanol–water partition coefficient (Wildman–Crippen LogP) is 9.68. The fraction of sp³-hybridized carbons (Fsp3) is 0.526. The van der Waals surface area contributed by atoms with Gasteiger partial charge in [-0.05, 0) is 38.0 Å². The van der Waals surface area contributed by atoms with E-state index in [4.69, 9.17) is 4.74 Å². The summed E-state index contributed by atoms with van der Waals surface area (Å²) in [7, 11) is 0. The third-order valence-electron chi connectivity index (χ3n) is 8.22. The van der Waals surface area contributed by atoms with Crippen molar-refractivity contribution in [2.45, 2.75) is 124 Å². The minimum Gasteiger partial charge on any atom is -0.493 e. The number of ether oxygens (including phenoxy) is 1. The number of hydrogen-bond donors (Lipinski definition) is 1. The smallest absolute Gasteiger partial charge is 0.228 e. The van der Waals surface area contributed by atoms with Gasteiger partial charge in [0.15, 0.2) is 18.9 Å². The number of nitrogens with one attached hydrogen (secondary N) is 1. The van der Waals surface area contributed by atoms with E-state index in [9.17, 15) is 4.79 Å². The average Bonchev–Trinajstić information content (AvgIpc) is 2.99. The molecule has 1 aromatic heterocycles. The van der Waals surface area contributed by atoms with Gasteiger partial charge in [-0.15, -0.1) is 0 Å². The molecule has 0 unspecified atom stereocenters. The van der Waals surface area contributed by atoms with Crippen LogP contribution < -0.4 is 14.6 Å². The van der Waals surface area contributed by atoms with Crippen molar-refractivity contribution >= 4 is 11.6 Å². The van der Waals surface area contributed by atoms with Crippen molar-refractivity contribution in [1.29, 1.82) is 0 Å². The zero-order valence-electron chi connectivity index (χ0n) is 26.6. The molecule has 42 heavy (non-hydrogen) atoms. The number of carbonyl (C=O) groups excluding carboxylic acids is 1. The maximum absolute atomic E-state index is 13.1. The highest BCUT2D eigenvalue weighted by Crippen LogP contribution is 2.21. The Balaban J connectivity index is 1.34. The van der Waals surface area contributed by atoms with Gasteiger partial charge in [0.2, 0.25) is 5.91 Å². The second-order valence-electron chi connectivity index (χ2n) is 11.9. The van der Waals surface area contributed by atoms with E-state index in [1.165, 1.54) is 94.6 Å². The maximum Gasteiger partial charge on any atom is 0.228 e.